The van der Waals surface area contributed by atoms with Crippen LogP contribution in [0.5, 0.6) is 0 Å². The third-order valence-corrected chi connectivity index (χ3v) is 5.77. The molecule has 0 aliphatic rings. The van der Waals surface area contributed by atoms with E-state index in [9.17, 15) is 0 Å². The summed E-state index contributed by atoms with van der Waals surface area (Å²) in [6.07, 6.45) is 3.58. The quantitative estimate of drug-likeness (QED) is 0.336. The smallest absolute Gasteiger partial charge is 0.355 e. The van der Waals surface area contributed by atoms with Crippen LogP contribution in [0.4, 0.5) is 0 Å². The molecule has 1 aromatic rings. The van der Waals surface area contributed by atoms with E-state index in [0.717, 1.165) is 23.0 Å². The van der Waals surface area contributed by atoms with Gasteiger partial charge in [0.25, 0.3) is 0 Å². The second kappa shape index (κ2) is 11.8. The average molecular weight is 309 g/mol. The van der Waals surface area contributed by atoms with Crippen molar-refractivity contribution in [3.8, 4) is 0 Å². The molecular weight excluding hydrogens is 284 g/mol. The molecule has 0 heterocycles. The Bertz CT molecular complexity index is 335. The van der Waals surface area contributed by atoms with E-state index in [2.05, 4.69) is 26.0 Å². The van der Waals surface area contributed by atoms with Gasteiger partial charge in [-0.3, -0.25) is 0 Å². The molecule has 0 spiro atoms. The Kier molecular flexibility index (Phi) is 10.8. The van der Waals surface area contributed by atoms with E-state index in [1.54, 1.807) is 0 Å². The molecule has 0 saturated heterocycles. The SMILES string of the molecule is CC(CCCOCOCc1ccccc1)C[CH](C)[Mg][Cl]. The lowest BCUT2D eigenvalue weighted by Crippen LogP contribution is -2.05. The molecule has 0 aliphatic heterocycles. The zero-order chi connectivity index (χ0) is 14.6. The van der Waals surface area contributed by atoms with Crippen LogP contribution in [0, 0.1) is 5.92 Å². The molecule has 2 unspecified atom stereocenters. The normalized spacial score (nSPS) is 13.8. The summed E-state index contributed by atoms with van der Waals surface area (Å²) >= 11 is -0.349. The summed E-state index contributed by atoms with van der Waals surface area (Å²) in [6.45, 7) is 6.36. The maximum absolute atomic E-state index is 5.96. The topological polar surface area (TPSA) is 18.5 Å². The molecular formula is C16H25ClMgO2. The lowest BCUT2D eigenvalue weighted by Gasteiger charge is -2.15. The van der Waals surface area contributed by atoms with E-state index in [-0.39, 0.29) is 19.3 Å². The molecule has 4 heteroatoms. The van der Waals surface area contributed by atoms with Gasteiger partial charge in [0.15, 0.2) is 0 Å². The first-order chi connectivity index (χ1) is 9.72. The standard InChI is InChI=1S/C16H25O2.ClH.Mg/c1-3-8-15(2)9-7-12-17-14-18-13-16-10-5-4-6-11-16;;/h3-6,10-11,15H,7-9,12-14H2,1-2H3;1H;/q;;+1/p-1. The fraction of sp³-hybridized carbons (Fsp3) is 0.625. The number of ether oxygens (including phenoxy) is 2. The summed E-state index contributed by atoms with van der Waals surface area (Å²) in [4.78, 5) is 0. The molecule has 0 fully saturated rings. The first-order valence-electron chi connectivity index (χ1n) is 7.47. The highest BCUT2D eigenvalue weighted by atomic mass is 35.5. The molecule has 20 heavy (non-hydrogen) atoms. The minimum Gasteiger partial charge on any atom is -0.355 e. The molecule has 0 saturated carbocycles. The Morgan fingerprint density at radius 1 is 1.15 bits per heavy atom. The summed E-state index contributed by atoms with van der Waals surface area (Å²) in [5.74, 6) is 0.755. The Morgan fingerprint density at radius 2 is 1.90 bits per heavy atom. The van der Waals surface area contributed by atoms with Crippen molar-refractivity contribution < 1.29 is 9.47 Å². The Balaban J connectivity index is 1.92. The molecule has 0 radical (unpaired) electrons. The second-order valence-electron chi connectivity index (χ2n) is 5.60. The number of rotatable bonds is 11. The van der Waals surface area contributed by atoms with Crippen molar-refractivity contribution in [2.45, 2.75) is 43.8 Å². The predicted molar refractivity (Wildman–Crippen MR) is 86.1 cm³/mol. The average Bonchev–Trinajstić information content (AvgIpc) is 2.47. The van der Waals surface area contributed by atoms with Crippen LogP contribution >= 0.6 is 9.07 Å². The summed E-state index contributed by atoms with van der Waals surface area (Å²) in [5.41, 5.74) is 1.18. The van der Waals surface area contributed by atoms with Gasteiger partial charge in [-0.2, -0.15) is 0 Å². The second-order valence-corrected chi connectivity index (χ2v) is 8.23. The highest BCUT2D eigenvalue weighted by molar-refractivity contribution is 6.94. The third-order valence-electron chi connectivity index (χ3n) is 3.33. The van der Waals surface area contributed by atoms with Gasteiger partial charge in [-0.25, -0.2) is 0 Å². The first kappa shape index (κ1) is 18.2. The van der Waals surface area contributed by atoms with Crippen LogP contribution in [-0.2, 0) is 16.1 Å². The largest absolute Gasteiger partial charge is 0.504 e. The number of halogens is 1. The van der Waals surface area contributed by atoms with E-state index in [1.165, 1.54) is 18.4 Å². The van der Waals surface area contributed by atoms with E-state index < -0.39 is 0 Å². The van der Waals surface area contributed by atoms with E-state index in [1.807, 2.05) is 18.2 Å². The van der Waals surface area contributed by atoms with E-state index in [0.29, 0.717) is 13.4 Å². The van der Waals surface area contributed by atoms with Gasteiger partial charge in [0.05, 0.1) is 6.61 Å². The fourth-order valence-corrected chi connectivity index (χ4v) is 3.33. The summed E-state index contributed by atoms with van der Waals surface area (Å²) in [5, 5.41) is 0. The highest BCUT2D eigenvalue weighted by Gasteiger charge is 2.09. The molecule has 1 rings (SSSR count). The van der Waals surface area contributed by atoms with Crippen molar-refractivity contribution in [1.29, 1.82) is 0 Å². The molecule has 0 amide bonds. The van der Waals surface area contributed by atoms with Crippen molar-refractivity contribution in [1.82, 2.24) is 0 Å². The lowest BCUT2D eigenvalue weighted by atomic mass is 10.0. The monoisotopic (exact) mass is 308 g/mol. The van der Waals surface area contributed by atoms with Gasteiger partial charge >= 0.3 is 19.3 Å². The zero-order valence-corrected chi connectivity index (χ0v) is 14.9. The van der Waals surface area contributed by atoms with E-state index >= 15 is 0 Å². The van der Waals surface area contributed by atoms with Gasteiger partial charge in [-0.1, -0.05) is 50.6 Å². The molecule has 110 valence electrons. The maximum Gasteiger partial charge on any atom is 0.504 e. The van der Waals surface area contributed by atoms with Crippen LogP contribution in [-0.4, -0.2) is 32.7 Å². The van der Waals surface area contributed by atoms with Crippen LogP contribution in [0.25, 0.3) is 0 Å². The van der Waals surface area contributed by atoms with Gasteiger partial charge in [0, 0.05) is 6.61 Å². The molecule has 2 nitrogen and oxygen atoms in total. The van der Waals surface area contributed by atoms with Crippen molar-refractivity contribution in [3.63, 3.8) is 0 Å². The number of hydrogen-bond acceptors (Lipinski definition) is 2. The Labute approximate surface area is 136 Å². The summed E-state index contributed by atoms with van der Waals surface area (Å²) in [7, 11) is 5.96. The van der Waals surface area contributed by atoms with Crippen molar-refractivity contribution in [2.75, 3.05) is 13.4 Å². The highest BCUT2D eigenvalue weighted by Crippen LogP contribution is 2.20. The number of hydrogen-bond donors (Lipinski definition) is 0. The van der Waals surface area contributed by atoms with Crippen LogP contribution in [0.3, 0.4) is 0 Å². The Morgan fingerprint density at radius 3 is 2.60 bits per heavy atom. The zero-order valence-electron chi connectivity index (χ0n) is 12.7. The summed E-state index contributed by atoms with van der Waals surface area (Å²) < 4.78 is 11.7. The fourth-order valence-electron chi connectivity index (χ4n) is 2.25. The predicted octanol–water partition coefficient (Wildman–Crippen LogP) is 4.65. The minimum absolute atomic E-state index is 0.349. The molecule has 0 N–H and O–H groups in total. The maximum atomic E-state index is 5.96. The minimum atomic E-state index is -0.349. The molecule has 2 atom stereocenters. The lowest BCUT2D eigenvalue weighted by molar-refractivity contribution is -0.0628. The van der Waals surface area contributed by atoms with Gasteiger partial charge in [-0.05, 0) is 24.3 Å². The van der Waals surface area contributed by atoms with Crippen molar-refractivity contribution in [3.05, 3.63) is 35.9 Å². The van der Waals surface area contributed by atoms with Gasteiger partial charge in [0.2, 0.25) is 0 Å². The molecule has 0 bridgehead atoms. The molecule has 1 aromatic carbocycles. The van der Waals surface area contributed by atoms with Gasteiger partial charge in [-0.15, -0.1) is 4.05 Å². The first-order valence-corrected chi connectivity index (χ1v) is 10.4. The number of benzene rings is 1. The van der Waals surface area contributed by atoms with Crippen molar-refractivity contribution in [2.24, 2.45) is 5.92 Å². The van der Waals surface area contributed by atoms with Gasteiger partial charge < -0.3 is 18.5 Å². The molecule has 0 aromatic heterocycles. The molecule has 0 aliphatic carbocycles. The Hall–Kier alpha value is 0.196. The summed E-state index contributed by atoms with van der Waals surface area (Å²) in [6, 6.07) is 10.2. The van der Waals surface area contributed by atoms with Crippen LogP contribution < -0.4 is 0 Å². The van der Waals surface area contributed by atoms with Crippen LogP contribution in [0.2, 0.25) is 4.05 Å². The van der Waals surface area contributed by atoms with Crippen LogP contribution in [0.15, 0.2) is 30.3 Å². The van der Waals surface area contributed by atoms with Crippen LogP contribution in [0.1, 0.15) is 38.7 Å². The third kappa shape index (κ3) is 9.19. The van der Waals surface area contributed by atoms with Gasteiger partial charge in [0.1, 0.15) is 6.79 Å². The van der Waals surface area contributed by atoms with Crippen molar-refractivity contribution >= 4 is 28.3 Å². The van der Waals surface area contributed by atoms with E-state index in [4.69, 9.17) is 18.5 Å².